The molecule has 4 N–H and O–H groups in total. The molecule has 0 aliphatic carbocycles. The van der Waals surface area contributed by atoms with Crippen LogP contribution in [0.2, 0.25) is 10.0 Å². The highest BCUT2D eigenvalue weighted by Crippen LogP contribution is 2.34. The molecule has 1 aromatic heterocycles. The van der Waals surface area contributed by atoms with Crippen LogP contribution in [0.15, 0.2) is 35.1 Å². The van der Waals surface area contributed by atoms with Crippen LogP contribution in [0, 0.1) is 0 Å². The van der Waals surface area contributed by atoms with Crippen molar-refractivity contribution in [3.05, 3.63) is 50.7 Å². The highest BCUT2D eigenvalue weighted by molar-refractivity contribution is 9.10. The number of anilines is 2. The fourth-order valence-electron chi connectivity index (χ4n) is 1.54. The Morgan fingerprint density at radius 2 is 1.95 bits per heavy atom. The Morgan fingerprint density at radius 3 is 2.55 bits per heavy atom. The van der Waals surface area contributed by atoms with Gasteiger partial charge in [-0.1, -0.05) is 39.1 Å². The molecule has 0 fully saturated rings. The van der Waals surface area contributed by atoms with Crippen molar-refractivity contribution in [1.29, 1.82) is 0 Å². The number of pyridine rings is 1. The topological polar surface area (TPSA) is 80.0 Å². The molecule has 0 aliphatic rings. The number of nitrogens with two attached hydrogens (primary N) is 1. The van der Waals surface area contributed by atoms with E-state index in [2.05, 4.69) is 31.7 Å². The van der Waals surface area contributed by atoms with Crippen molar-refractivity contribution >= 4 is 56.4 Å². The van der Waals surface area contributed by atoms with Gasteiger partial charge in [0, 0.05) is 16.9 Å². The lowest BCUT2D eigenvalue weighted by molar-refractivity contribution is 0.102. The maximum atomic E-state index is 12.2. The Hall–Kier alpha value is -1.34. The Labute approximate surface area is 133 Å². The Kier molecular flexibility index (Phi) is 4.82. The average molecular weight is 376 g/mol. The summed E-state index contributed by atoms with van der Waals surface area (Å²) in [7, 11) is 0. The van der Waals surface area contributed by atoms with E-state index in [9.17, 15) is 4.79 Å². The smallest absolute Gasteiger partial charge is 0.259 e. The van der Waals surface area contributed by atoms with Crippen LogP contribution >= 0.6 is 39.1 Å². The molecule has 0 aliphatic heterocycles. The lowest BCUT2D eigenvalue weighted by Gasteiger charge is -2.11. The normalized spacial score (nSPS) is 10.2. The number of aromatic nitrogens is 1. The summed E-state index contributed by atoms with van der Waals surface area (Å²) in [5.74, 6) is 4.93. The molecule has 0 radical (unpaired) electrons. The van der Waals surface area contributed by atoms with E-state index in [4.69, 9.17) is 29.0 Å². The summed E-state index contributed by atoms with van der Waals surface area (Å²) in [5, 5.41) is 3.28. The van der Waals surface area contributed by atoms with Crippen LogP contribution in [-0.4, -0.2) is 10.9 Å². The second-order valence-electron chi connectivity index (χ2n) is 3.76. The van der Waals surface area contributed by atoms with Crippen molar-refractivity contribution < 1.29 is 4.79 Å². The number of hydrogen-bond acceptors (Lipinski definition) is 4. The van der Waals surface area contributed by atoms with Crippen LogP contribution in [0.25, 0.3) is 0 Å². The Bertz CT molecular complexity index is 643. The first-order valence-electron chi connectivity index (χ1n) is 5.39. The molecular formula is C12H9BrCl2N4O. The molecule has 8 heteroatoms. The van der Waals surface area contributed by atoms with E-state index in [1.54, 1.807) is 18.2 Å². The summed E-state index contributed by atoms with van der Waals surface area (Å²) in [4.78, 5) is 16.1. The lowest BCUT2D eigenvalue weighted by Crippen LogP contribution is -2.17. The van der Waals surface area contributed by atoms with E-state index in [0.717, 1.165) is 4.47 Å². The maximum absolute atomic E-state index is 12.2. The van der Waals surface area contributed by atoms with Gasteiger partial charge in [0.25, 0.3) is 5.91 Å². The van der Waals surface area contributed by atoms with Gasteiger partial charge in [0.1, 0.15) is 0 Å². The molecule has 0 atom stereocenters. The molecule has 1 heterocycles. The number of hydrazine groups is 1. The van der Waals surface area contributed by atoms with Crippen LogP contribution in [-0.2, 0) is 0 Å². The first-order valence-corrected chi connectivity index (χ1v) is 6.94. The second-order valence-corrected chi connectivity index (χ2v) is 5.49. The predicted octanol–water partition coefficient (Wildman–Crippen LogP) is 3.69. The summed E-state index contributed by atoms with van der Waals surface area (Å²) in [5.41, 5.74) is 3.48. The number of hydrogen-bond donors (Lipinski definition) is 3. The largest absolute Gasteiger partial charge is 0.323 e. The highest BCUT2D eigenvalue weighted by atomic mass is 79.9. The van der Waals surface area contributed by atoms with Crippen LogP contribution in [0.1, 0.15) is 10.4 Å². The minimum absolute atomic E-state index is 0.282. The molecule has 0 spiro atoms. The van der Waals surface area contributed by atoms with Gasteiger partial charge in [-0.3, -0.25) is 15.6 Å². The van der Waals surface area contributed by atoms with Gasteiger partial charge in [0.05, 0.1) is 27.0 Å². The van der Waals surface area contributed by atoms with Gasteiger partial charge < -0.3 is 10.7 Å². The second kappa shape index (κ2) is 6.41. The molecule has 0 saturated heterocycles. The quantitative estimate of drug-likeness (QED) is 0.564. The fourth-order valence-corrected chi connectivity index (χ4v) is 2.85. The third-order valence-electron chi connectivity index (χ3n) is 2.47. The number of halogens is 3. The van der Waals surface area contributed by atoms with Crippen molar-refractivity contribution in [3.8, 4) is 0 Å². The minimum Gasteiger partial charge on any atom is -0.323 e. The Morgan fingerprint density at radius 1 is 1.30 bits per heavy atom. The SMILES string of the molecule is NNc1ccncc1C(=O)Nc1c(Cl)cc(Br)cc1Cl. The molecule has 2 aromatic rings. The van der Waals surface area contributed by atoms with Crippen molar-refractivity contribution in [2.45, 2.75) is 0 Å². The number of nitrogens with zero attached hydrogens (tertiary/aromatic N) is 1. The zero-order valence-electron chi connectivity index (χ0n) is 9.95. The summed E-state index contributed by atoms with van der Waals surface area (Å²) >= 11 is 15.4. The van der Waals surface area contributed by atoms with Gasteiger partial charge in [0.15, 0.2) is 0 Å². The number of benzene rings is 1. The molecule has 2 rings (SSSR count). The third kappa shape index (κ3) is 3.21. The van der Waals surface area contributed by atoms with Crippen molar-refractivity contribution in [3.63, 3.8) is 0 Å². The van der Waals surface area contributed by atoms with Crippen molar-refractivity contribution in [2.24, 2.45) is 5.84 Å². The van der Waals surface area contributed by atoms with Crippen LogP contribution in [0.4, 0.5) is 11.4 Å². The first kappa shape index (κ1) is 15.1. The number of nitrogens with one attached hydrogen (secondary N) is 2. The van der Waals surface area contributed by atoms with Gasteiger partial charge in [-0.15, -0.1) is 0 Å². The molecule has 0 saturated carbocycles. The monoisotopic (exact) mass is 374 g/mol. The zero-order valence-corrected chi connectivity index (χ0v) is 13.1. The zero-order chi connectivity index (χ0) is 14.7. The highest BCUT2D eigenvalue weighted by Gasteiger charge is 2.15. The van der Waals surface area contributed by atoms with E-state index in [0.29, 0.717) is 21.4 Å². The molecule has 0 bridgehead atoms. The van der Waals surface area contributed by atoms with Crippen LogP contribution < -0.4 is 16.6 Å². The summed E-state index contributed by atoms with van der Waals surface area (Å²) < 4.78 is 0.719. The minimum atomic E-state index is -0.419. The Balaban J connectivity index is 2.33. The van der Waals surface area contributed by atoms with Crippen molar-refractivity contribution in [1.82, 2.24) is 4.98 Å². The van der Waals surface area contributed by atoms with E-state index in [-0.39, 0.29) is 5.56 Å². The number of carbonyl (C=O) groups is 1. The van der Waals surface area contributed by atoms with Crippen LogP contribution in [0.3, 0.4) is 0 Å². The molecule has 20 heavy (non-hydrogen) atoms. The molecule has 0 unspecified atom stereocenters. The molecule has 5 nitrogen and oxygen atoms in total. The van der Waals surface area contributed by atoms with Gasteiger partial charge in [-0.05, 0) is 18.2 Å². The summed E-state index contributed by atoms with van der Waals surface area (Å²) in [6, 6.07) is 4.85. The van der Waals surface area contributed by atoms with Gasteiger partial charge in [-0.25, -0.2) is 0 Å². The number of nitrogen functional groups attached to an aromatic ring is 1. The van der Waals surface area contributed by atoms with Gasteiger partial charge in [0.2, 0.25) is 0 Å². The third-order valence-corrected chi connectivity index (χ3v) is 3.52. The van der Waals surface area contributed by atoms with Crippen LogP contribution in [0.5, 0.6) is 0 Å². The maximum Gasteiger partial charge on any atom is 0.259 e. The number of rotatable bonds is 3. The molecule has 1 amide bonds. The fraction of sp³-hybridized carbons (Fsp3) is 0. The predicted molar refractivity (Wildman–Crippen MR) is 84.2 cm³/mol. The van der Waals surface area contributed by atoms with E-state index < -0.39 is 5.91 Å². The van der Waals surface area contributed by atoms with E-state index in [1.165, 1.54) is 12.4 Å². The van der Waals surface area contributed by atoms with Crippen molar-refractivity contribution in [2.75, 3.05) is 10.7 Å². The average Bonchev–Trinajstić information content (AvgIpc) is 2.42. The standard InChI is InChI=1S/C12H9BrCl2N4O/c13-6-3-8(14)11(9(15)4-6)18-12(20)7-5-17-2-1-10(7)19-16/h1-5H,16H2,(H,17,19)(H,18,20). The van der Waals surface area contributed by atoms with Gasteiger partial charge in [-0.2, -0.15) is 0 Å². The lowest BCUT2D eigenvalue weighted by atomic mass is 10.2. The molecule has 104 valence electrons. The first-order chi connectivity index (χ1) is 9.52. The van der Waals surface area contributed by atoms with E-state index >= 15 is 0 Å². The summed E-state index contributed by atoms with van der Waals surface area (Å²) in [6.45, 7) is 0. The van der Waals surface area contributed by atoms with Gasteiger partial charge >= 0.3 is 0 Å². The number of amides is 1. The molecule has 1 aromatic carbocycles. The van der Waals surface area contributed by atoms with E-state index in [1.807, 2.05) is 0 Å². The summed E-state index contributed by atoms with van der Waals surface area (Å²) in [6.07, 6.45) is 2.91. The molecular weight excluding hydrogens is 367 g/mol. The number of carbonyl (C=O) groups excluding carboxylic acids is 1.